The van der Waals surface area contributed by atoms with Crippen molar-refractivity contribution in [2.75, 3.05) is 11.9 Å². The van der Waals surface area contributed by atoms with Crippen LogP contribution in [0.3, 0.4) is 0 Å². The van der Waals surface area contributed by atoms with Gasteiger partial charge in [-0.25, -0.2) is 9.59 Å². The van der Waals surface area contributed by atoms with Gasteiger partial charge in [-0.1, -0.05) is 20.8 Å². The summed E-state index contributed by atoms with van der Waals surface area (Å²) in [4.78, 5) is 61.7. The number of nitrogens with one attached hydrogen (secondary N) is 1. The molecule has 1 amide bonds. The van der Waals surface area contributed by atoms with Gasteiger partial charge in [-0.3, -0.25) is 19.7 Å². The monoisotopic (exact) mass is 595 g/mol. The van der Waals surface area contributed by atoms with Crippen molar-refractivity contribution >= 4 is 35.7 Å². The standard InChI is InChI=1S/C29H41NO12/c1-7-10-21(31)38-20-16-37-27(25(41-23(33)12-9-3)24(20)40-22(32)11-8-2)39-19-14-13-17(15-18(19)26(34)35)30-28(36)42-29(4,5)6/h13-15,20,24-25,27H,7-12,16H2,1-6H3,(H,30,36)(H,34,35). The topological polar surface area (TPSA) is 173 Å². The molecule has 0 aliphatic carbocycles. The third-order valence-corrected chi connectivity index (χ3v) is 5.66. The van der Waals surface area contributed by atoms with E-state index in [0.717, 1.165) is 6.07 Å². The quantitative estimate of drug-likeness (QED) is 0.240. The number of hydrogen-bond donors (Lipinski definition) is 2. The lowest BCUT2D eigenvalue weighted by molar-refractivity contribution is -0.261. The van der Waals surface area contributed by atoms with Crippen LogP contribution in [0.25, 0.3) is 0 Å². The van der Waals surface area contributed by atoms with E-state index in [1.807, 2.05) is 0 Å². The number of ether oxygens (including phenoxy) is 6. The number of amides is 1. The van der Waals surface area contributed by atoms with E-state index >= 15 is 0 Å². The van der Waals surface area contributed by atoms with Gasteiger partial charge in [-0.05, 0) is 58.2 Å². The lowest BCUT2D eigenvalue weighted by Gasteiger charge is -2.40. The van der Waals surface area contributed by atoms with Crippen molar-refractivity contribution in [3.05, 3.63) is 23.8 Å². The SMILES string of the molecule is CCCC(=O)OC1COC(Oc2ccc(NC(=O)OC(C)(C)C)cc2C(=O)O)C(OC(=O)CCC)C1OC(=O)CCC. The molecule has 13 heteroatoms. The molecule has 0 aromatic heterocycles. The smallest absolute Gasteiger partial charge is 0.412 e. The average molecular weight is 596 g/mol. The van der Waals surface area contributed by atoms with Gasteiger partial charge in [0.1, 0.15) is 16.9 Å². The fraction of sp³-hybridized carbons (Fsp3) is 0.621. The highest BCUT2D eigenvalue weighted by molar-refractivity contribution is 5.94. The van der Waals surface area contributed by atoms with Crippen LogP contribution in [0.4, 0.5) is 10.5 Å². The number of carbonyl (C=O) groups is 5. The van der Waals surface area contributed by atoms with Gasteiger partial charge in [-0.2, -0.15) is 0 Å². The molecule has 42 heavy (non-hydrogen) atoms. The summed E-state index contributed by atoms with van der Waals surface area (Å²) in [7, 11) is 0. The Hall–Kier alpha value is -3.87. The van der Waals surface area contributed by atoms with Gasteiger partial charge in [-0.15, -0.1) is 0 Å². The minimum atomic E-state index is -1.44. The zero-order chi connectivity index (χ0) is 31.4. The molecule has 0 radical (unpaired) electrons. The first-order chi connectivity index (χ1) is 19.8. The van der Waals surface area contributed by atoms with Crippen LogP contribution < -0.4 is 10.1 Å². The highest BCUT2D eigenvalue weighted by Gasteiger charge is 2.49. The molecular weight excluding hydrogens is 554 g/mol. The van der Waals surface area contributed by atoms with Gasteiger partial charge >= 0.3 is 30.0 Å². The zero-order valence-electron chi connectivity index (χ0n) is 24.9. The van der Waals surface area contributed by atoms with E-state index in [1.54, 1.807) is 41.5 Å². The number of esters is 3. The molecule has 1 aromatic rings. The molecule has 1 aliphatic heterocycles. The predicted octanol–water partition coefficient (Wildman–Crippen LogP) is 4.60. The summed E-state index contributed by atoms with van der Waals surface area (Å²) in [5, 5.41) is 12.3. The summed E-state index contributed by atoms with van der Waals surface area (Å²) in [6.07, 6.45) is -4.36. The lowest BCUT2D eigenvalue weighted by Crippen LogP contribution is -2.59. The minimum absolute atomic E-state index is 0.0323. The summed E-state index contributed by atoms with van der Waals surface area (Å²) >= 11 is 0. The summed E-state index contributed by atoms with van der Waals surface area (Å²) in [5.41, 5.74) is -0.994. The minimum Gasteiger partial charge on any atom is -0.478 e. The number of aromatic carboxylic acids is 1. The predicted molar refractivity (Wildman–Crippen MR) is 148 cm³/mol. The number of anilines is 1. The molecule has 2 N–H and O–H groups in total. The molecule has 1 aromatic carbocycles. The fourth-order valence-electron chi connectivity index (χ4n) is 3.90. The number of benzene rings is 1. The highest BCUT2D eigenvalue weighted by Crippen LogP contribution is 2.31. The van der Waals surface area contributed by atoms with Crippen molar-refractivity contribution in [2.24, 2.45) is 0 Å². The summed E-state index contributed by atoms with van der Waals surface area (Å²) in [5.74, 6) is -3.38. The van der Waals surface area contributed by atoms with Crippen LogP contribution in [-0.2, 0) is 38.1 Å². The van der Waals surface area contributed by atoms with E-state index in [-0.39, 0.29) is 42.9 Å². The summed E-state index contributed by atoms with van der Waals surface area (Å²) in [6.45, 7) is 10.1. The Bertz CT molecular complexity index is 1110. The van der Waals surface area contributed by atoms with Gasteiger partial charge in [0.15, 0.2) is 12.2 Å². The third-order valence-electron chi connectivity index (χ3n) is 5.66. The van der Waals surface area contributed by atoms with Gasteiger partial charge in [0.05, 0.1) is 6.61 Å². The second-order valence-corrected chi connectivity index (χ2v) is 10.6. The van der Waals surface area contributed by atoms with E-state index in [2.05, 4.69) is 5.32 Å². The second kappa shape index (κ2) is 15.9. The van der Waals surface area contributed by atoms with Gasteiger partial charge in [0.25, 0.3) is 0 Å². The number of carboxylic acids is 1. The van der Waals surface area contributed by atoms with Crippen molar-refractivity contribution < 1.29 is 57.5 Å². The van der Waals surface area contributed by atoms with E-state index in [1.165, 1.54) is 12.1 Å². The van der Waals surface area contributed by atoms with Crippen LogP contribution in [0, 0.1) is 0 Å². The Kier molecular flexibility index (Phi) is 13.0. The molecule has 0 spiro atoms. The first-order valence-corrected chi connectivity index (χ1v) is 14.0. The van der Waals surface area contributed by atoms with Crippen LogP contribution in [0.5, 0.6) is 5.75 Å². The zero-order valence-corrected chi connectivity index (χ0v) is 24.9. The van der Waals surface area contributed by atoms with E-state index in [9.17, 15) is 29.1 Å². The largest absolute Gasteiger partial charge is 0.478 e. The molecule has 2 rings (SSSR count). The van der Waals surface area contributed by atoms with Crippen LogP contribution in [-0.4, -0.2) is 71.9 Å². The second-order valence-electron chi connectivity index (χ2n) is 10.6. The summed E-state index contributed by atoms with van der Waals surface area (Å²) < 4.78 is 33.6. The molecule has 13 nitrogen and oxygen atoms in total. The molecule has 4 unspecified atom stereocenters. The Labute approximate surface area is 245 Å². The first-order valence-electron chi connectivity index (χ1n) is 14.0. The molecule has 4 atom stereocenters. The van der Waals surface area contributed by atoms with Crippen molar-refractivity contribution in [3.63, 3.8) is 0 Å². The van der Waals surface area contributed by atoms with E-state index in [4.69, 9.17) is 28.4 Å². The lowest BCUT2D eigenvalue weighted by atomic mass is 10.0. The van der Waals surface area contributed by atoms with E-state index in [0.29, 0.717) is 19.3 Å². The maximum absolute atomic E-state index is 12.6. The van der Waals surface area contributed by atoms with Crippen molar-refractivity contribution in [1.29, 1.82) is 0 Å². The Morgan fingerprint density at radius 3 is 1.95 bits per heavy atom. The van der Waals surface area contributed by atoms with E-state index < -0.39 is 60.2 Å². The molecule has 0 saturated carbocycles. The number of carbonyl (C=O) groups excluding carboxylic acids is 4. The number of hydrogen-bond acceptors (Lipinski definition) is 11. The maximum Gasteiger partial charge on any atom is 0.412 e. The highest BCUT2D eigenvalue weighted by atomic mass is 16.7. The van der Waals surface area contributed by atoms with Crippen molar-refractivity contribution in [1.82, 2.24) is 0 Å². The van der Waals surface area contributed by atoms with Crippen LogP contribution in [0.2, 0.25) is 0 Å². The Morgan fingerprint density at radius 1 is 0.881 bits per heavy atom. The molecule has 1 heterocycles. The fourth-order valence-corrected chi connectivity index (χ4v) is 3.90. The Morgan fingerprint density at radius 2 is 1.43 bits per heavy atom. The first kappa shape index (κ1) is 34.3. The molecule has 1 fully saturated rings. The van der Waals surface area contributed by atoms with Crippen LogP contribution >= 0.6 is 0 Å². The Balaban J connectivity index is 2.42. The average Bonchev–Trinajstić information content (AvgIpc) is 2.87. The van der Waals surface area contributed by atoms with Crippen LogP contribution in [0.1, 0.15) is 90.4 Å². The van der Waals surface area contributed by atoms with Crippen molar-refractivity contribution in [2.45, 2.75) is 110 Å². The molecule has 0 bridgehead atoms. The van der Waals surface area contributed by atoms with Gasteiger partial charge in [0, 0.05) is 24.9 Å². The molecule has 234 valence electrons. The third kappa shape index (κ3) is 10.8. The van der Waals surface area contributed by atoms with Gasteiger partial charge < -0.3 is 33.5 Å². The summed E-state index contributed by atoms with van der Waals surface area (Å²) in [6, 6.07) is 3.84. The normalized spacial score (nSPS) is 20.1. The van der Waals surface area contributed by atoms with Crippen molar-refractivity contribution in [3.8, 4) is 5.75 Å². The van der Waals surface area contributed by atoms with Gasteiger partial charge in [0.2, 0.25) is 12.4 Å². The number of carboxylic acid groups (broad SMARTS) is 1. The van der Waals surface area contributed by atoms with Crippen LogP contribution in [0.15, 0.2) is 18.2 Å². The molecule has 1 saturated heterocycles. The number of rotatable bonds is 13. The maximum atomic E-state index is 12.6. The molecular formula is C29H41NO12. The molecule has 1 aliphatic rings.